The van der Waals surface area contributed by atoms with E-state index in [0.717, 1.165) is 29.5 Å². The van der Waals surface area contributed by atoms with Crippen LogP contribution in [0.5, 0.6) is 0 Å². The van der Waals surface area contributed by atoms with Crippen molar-refractivity contribution < 1.29 is 9.59 Å². The summed E-state index contributed by atoms with van der Waals surface area (Å²) in [4.78, 5) is 25.8. The minimum atomic E-state index is -0.693. The lowest BCUT2D eigenvalue weighted by atomic mass is 10.0. The second-order valence-corrected chi connectivity index (χ2v) is 9.40. The molecule has 0 unspecified atom stereocenters. The van der Waals surface area contributed by atoms with Gasteiger partial charge in [-0.05, 0) is 61.6 Å². The molecule has 8 heteroatoms. The first-order valence-corrected chi connectivity index (χ1v) is 12.7. The molecule has 3 aromatic rings. The largest absolute Gasteiger partial charge is 0.384 e. The van der Waals surface area contributed by atoms with Crippen molar-refractivity contribution in [2.24, 2.45) is 5.73 Å². The summed E-state index contributed by atoms with van der Waals surface area (Å²) in [5.41, 5.74) is 9.26. The number of nitrogens with two attached hydrogens (primary N) is 1. The summed E-state index contributed by atoms with van der Waals surface area (Å²) >= 11 is 5.97. The van der Waals surface area contributed by atoms with Crippen molar-refractivity contribution in [3.05, 3.63) is 106 Å². The molecule has 0 aromatic heterocycles. The van der Waals surface area contributed by atoms with Gasteiger partial charge in [-0.1, -0.05) is 78.3 Å². The van der Waals surface area contributed by atoms with Crippen LogP contribution in [0, 0.1) is 5.41 Å². The first-order valence-electron chi connectivity index (χ1n) is 12.3. The molecule has 7 nitrogen and oxygen atoms in total. The molecule has 0 aliphatic carbocycles. The van der Waals surface area contributed by atoms with Crippen LogP contribution in [0.4, 0.5) is 0 Å². The number of rotatable bonds is 13. The van der Waals surface area contributed by atoms with Crippen LogP contribution in [-0.2, 0) is 29.0 Å². The molecule has 194 valence electrons. The Kier molecular flexibility index (Phi) is 10.7. The predicted octanol–water partition coefficient (Wildman–Crippen LogP) is 3.58. The van der Waals surface area contributed by atoms with Gasteiger partial charge in [-0.15, -0.1) is 0 Å². The Labute approximate surface area is 223 Å². The first-order chi connectivity index (χ1) is 17.8. The molecule has 37 heavy (non-hydrogen) atoms. The van der Waals surface area contributed by atoms with Gasteiger partial charge in [0.15, 0.2) is 0 Å². The summed E-state index contributed by atoms with van der Waals surface area (Å²) in [6.07, 6.45) is 2.10. The number of halogens is 1. The van der Waals surface area contributed by atoms with Crippen LogP contribution in [0.2, 0.25) is 5.02 Å². The van der Waals surface area contributed by atoms with Gasteiger partial charge in [0.2, 0.25) is 11.8 Å². The van der Waals surface area contributed by atoms with E-state index >= 15 is 0 Å². The van der Waals surface area contributed by atoms with Gasteiger partial charge in [-0.3, -0.25) is 15.0 Å². The van der Waals surface area contributed by atoms with Crippen LogP contribution in [0.15, 0.2) is 78.9 Å². The maximum atomic E-state index is 13.1. The first kappa shape index (κ1) is 27.9. The lowest BCUT2D eigenvalue weighted by molar-refractivity contribution is -0.129. The Bertz CT molecular complexity index is 1170. The zero-order valence-corrected chi connectivity index (χ0v) is 21.7. The molecule has 0 bridgehead atoms. The molecule has 0 aliphatic heterocycles. The number of benzene rings is 3. The Hall–Kier alpha value is -3.68. The normalized spacial score (nSPS) is 12.4. The summed E-state index contributed by atoms with van der Waals surface area (Å²) in [6, 6.07) is 23.6. The van der Waals surface area contributed by atoms with E-state index in [2.05, 4.69) is 16.0 Å². The molecule has 0 heterocycles. The lowest BCUT2D eigenvalue weighted by Crippen LogP contribution is -2.52. The number of hydrogen-bond donors (Lipinski definition) is 5. The molecule has 0 aliphatic rings. The molecule has 2 atom stereocenters. The Morgan fingerprint density at radius 3 is 2.14 bits per heavy atom. The van der Waals surface area contributed by atoms with Crippen molar-refractivity contribution in [3.63, 3.8) is 0 Å². The fraction of sp³-hybridized carbons (Fsp3) is 0.276. The third-order valence-electron chi connectivity index (χ3n) is 6.08. The standard InChI is InChI=1S/C29H34ClN5O2/c1-20(28(36)34-19-23-7-12-24(13-8-23)27(31)32)35-29(37)26(16-11-21-5-3-2-4-6-21)33-18-17-22-9-14-25(30)15-10-22/h2-10,12-15,20,26,33H,11,16-19H2,1H3,(H3,31,32)(H,34,36)(H,35,37)/t20-,26+/m0/s1. The van der Waals surface area contributed by atoms with E-state index in [1.54, 1.807) is 19.1 Å². The van der Waals surface area contributed by atoms with Crippen LogP contribution in [0.25, 0.3) is 0 Å². The van der Waals surface area contributed by atoms with E-state index in [1.165, 1.54) is 0 Å². The maximum Gasteiger partial charge on any atom is 0.242 e. The Balaban J connectivity index is 1.53. The van der Waals surface area contributed by atoms with Crippen molar-refractivity contribution in [3.8, 4) is 0 Å². The zero-order chi connectivity index (χ0) is 26.6. The zero-order valence-electron chi connectivity index (χ0n) is 21.0. The number of nitrogens with one attached hydrogen (secondary N) is 4. The topological polar surface area (TPSA) is 120 Å². The molecule has 3 aromatic carbocycles. The molecule has 3 rings (SSSR count). The van der Waals surface area contributed by atoms with E-state index in [9.17, 15) is 9.59 Å². The number of nitrogen functional groups attached to an aromatic ring is 1. The quantitative estimate of drug-likeness (QED) is 0.175. The molecular formula is C29H34ClN5O2. The third kappa shape index (κ3) is 9.37. The van der Waals surface area contributed by atoms with Gasteiger partial charge >= 0.3 is 0 Å². The molecule has 2 amide bonds. The van der Waals surface area contributed by atoms with Gasteiger partial charge in [-0.25, -0.2) is 0 Å². The monoisotopic (exact) mass is 519 g/mol. The van der Waals surface area contributed by atoms with Crippen LogP contribution in [0.3, 0.4) is 0 Å². The summed E-state index contributed by atoms with van der Waals surface area (Å²) in [7, 11) is 0. The average molecular weight is 520 g/mol. The molecule has 0 radical (unpaired) electrons. The average Bonchev–Trinajstić information content (AvgIpc) is 2.90. The number of amides is 2. The van der Waals surface area contributed by atoms with Crippen LogP contribution >= 0.6 is 11.6 Å². The number of carbonyl (C=O) groups is 2. The summed E-state index contributed by atoms with van der Waals surface area (Å²) in [5.74, 6) is -0.483. The van der Waals surface area contributed by atoms with Gasteiger partial charge in [0.25, 0.3) is 0 Å². The van der Waals surface area contributed by atoms with E-state index < -0.39 is 12.1 Å². The second kappa shape index (κ2) is 14.2. The Morgan fingerprint density at radius 1 is 0.865 bits per heavy atom. The van der Waals surface area contributed by atoms with E-state index in [0.29, 0.717) is 30.1 Å². The molecule has 6 N–H and O–H groups in total. The highest BCUT2D eigenvalue weighted by molar-refractivity contribution is 6.30. The Morgan fingerprint density at radius 2 is 1.49 bits per heavy atom. The number of amidine groups is 1. The number of aryl methyl sites for hydroxylation is 1. The van der Waals surface area contributed by atoms with E-state index in [1.807, 2.05) is 66.7 Å². The third-order valence-corrected chi connectivity index (χ3v) is 6.33. The highest BCUT2D eigenvalue weighted by atomic mass is 35.5. The smallest absolute Gasteiger partial charge is 0.242 e. The molecule has 0 saturated carbocycles. The highest BCUT2D eigenvalue weighted by Gasteiger charge is 2.22. The molecule has 0 spiro atoms. The van der Waals surface area contributed by atoms with E-state index in [4.69, 9.17) is 22.7 Å². The van der Waals surface area contributed by atoms with Gasteiger partial charge in [0, 0.05) is 17.1 Å². The van der Waals surface area contributed by atoms with Crippen molar-refractivity contribution >= 4 is 29.3 Å². The van der Waals surface area contributed by atoms with Crippen molar-refractivity contribution in [1.29, 1.82) is 5.41 Å². The number of carbonyl (C=O) groups excluding carboxylic acids is 2. The van der Waals surface area contributed by atoms with E-state index in [-0.39, 0.29) is 17.6 Å². The van der Waals surface area contributed by atoms with Gasteiger partial charge in [-0.2, -0.15) is 0 Å². The summed E-state index contributed by atoms with van der Waals surface area (Å²) in [5, 5.41) is 17.2. The van der Waals surface area contributed by atoms with Crippen molar-refractivity contribution in [1.82, 2.24) is 16.0 Å². The van der Waals surface area contributed by atoms with Gasteiger partial charge < -0.3 is 21.7 Å². The van der Waals surface area contributed by atoms with Crippen molar-refractivity contribution in [2.75, 3.05) is 6.54 Å². The second-order valence-electron chi connectivity index (χ2n) is 8.97. The molecular weight excluding hydrogens is 486 g/mol. The molecule has 0 saturated heterocycles. The minimum absolute atomic E-state index is 0.00415. The minimum Gasteiger partial charge on any atom is -0.384 e. The SMILES string of the molecule is C[C@H](NC(=O)[C@@H](CCc1ccccc1)NCCc1ccc(Cl)cc1)C(=O)NCc1ccc(C(=N)N)cc1. The van der Waals surface area contributed by atoms with Crippen LogP contribution in [-0.4, -0.2) is 36.3 Å². The fourth-order valence-electron chi connectivity index (χ4n) is 3.85. The van der Waals surface area contributed by atoms with Gasteiger partial charge in [0.1, 0.15) is 11.9 Å². The fourth-order valence-corrected chi connectivity index (χ4v) is 3.97. The predicted molar refractivity (Wildman–Crippen MR) is 149 cm³/mol. The van der Waals surface area contributed by atoms with Gasteiger partial charge in [0.05, 0.1) is 6.04 Å². The van der Waals surface area contributed by atoms with Crippen LogP contribution < -0.4 is 21.7 Å². The summed E-state index contributed by atoms with van der Waals surface area (Å²) in [6.45, 7) is 2.60. The van der Waals surface area contributed by atoms with Crippen molar-refractivity contribution in [2.45, 2.75) is 44.8 Å². The summed E-state index contributed by atoms with van der Waals surface area (Å²) < 4.78 is 0. The number of hydrogen-bond acceptors (Lipinski definition) is 4. The lowest BCUT2D eigenvalue weighted by Gasteiger charge is -2.21. The molecule has 0 fully saturated rings. The van der Waals surface area contributed by atoms with Crippen LogP contribution in [0.1, 0.15) is 35.6 Å². The maximum absolute atomic E-state index is 13.1. The highest BCUT2D eigenvalue weighted by Crippen LogP contribution is 2.10.